The molecule has 0 spiro atoms. The van der Waals surface area contributed by atoms with E-state index in [-0.39, 0.29) is 5.91 Å². The summed E-state index contributed by atoms with van der Waals surface area (Å²) in [6, 6.07) is 13.0. The molecule has 0 aliphatic carbocycles. The normalized spacial score (nSPS) is 14.1. The van der Waals surface area contributed by atoms with Crippen molar-refractivity contribution in [2.75, 3.05) is 18.1 Å². The zero-order chi connectivity index (χ0) is 14.1. The number of anilines is 2. The molecule has 0 atom stereocenters. The lowest BCUT2D eigenvalue weighted by atomic mass is 10.1. The van der Waals surface area contributed by atoms with Crippen LogP contribution in [-0.2, 0) is 13.1 Å². The third kappa shape index (κ3) is 2.51. The van der Waals surface area contributed by atoms with Gasteiger partial charge in [-0.25, -0.2) is 0 Å². The van der Waals surface area contributed by atoms with Crippen molar-refractivity contribution in [3.05, 3.63) is 59.2 Å². The van der Waals surface area contributed by atoms with Crippen molar-refractivity contribution in [3.63, 3.8) is 0 Å². The van der Waals surface area contributed by atoms with Crippen molar-refractivity contribution in [2.45, 2.75) is 13.1 Å². The highest BCUT2D eigenvalue weighted by Crippen LogP contribution is 2.23. The summed E-state index contributed by atoms with van der Waals surface area (Å²) in [5, 5.41) is 2.88. The molecule has 0 fully saturated rings. The summed E-state index contributed by atoms with van der Waals surface area (Å²) in [4.78, 5) is 14.5. The first-order valence-corrected chi connectivity index (χ1v) is 6.59. The van der Waals surface area contributed by atoms with E-state index in [4.69, 9.17) is 5.73 Å². The molecule has 3 rings (SSSR count). The third-order valence-corrected chi connectivity index (χ3v) is 3.52. The van der Waals surface area contributed by atoms with Crippen molar-refractivity contribution in [3.8, 4) is 0 Å². The van der Waals surface area contributed by atoms with Crippen LogP contribution in [0.1, 0.15) is 21.5 Å². The second-order valence-corrected chi connectivity index (χ2v) is 5.23. The standard InChI is InChI=1S/C16H17N3O/c1-19-9-12-3-2-11(8-13(12)10-19)16(20)18-15-6-4-14(17)5-7-15/h2-8H,9-10,17H2,1H3,(H,18,20). The van der Waals surface area contributed by atoms with Gasteiger partial charge in [-0.2, -0.15) is 0 Å². The molecule has 3 N–H and O–H groups in total. The fourth-order valence-corrected chi connectivity index (χ4v) is 2.48. The van der Waals surface area contributed by atoms with Gasteiger partial charge in [-0.05, 0) is 54.6 Å². The number of nitrogens with one attached hydrogen (secondary N) is 1. The first-order chi connectivity index (χ1) is 9.61. The number of rotatable bonds is 2. The number of nitrogen functional groups attached to an aromatic ring is 1. The number of nitrogens with two attached hydrogens (primary N) is 1. The number of carbonyl (C=O) groups excluding carboxylic acids is 1. The summed E-state index contributed by atoms with van der Waals surface area (Å²) >= 11 is 0. The van der Waals surface area contributed by atoms with Gasteiger partial charge in [0, 0.05) is 30.0 Å². The van der Waals surface area contributed by atoms with Crippen molar-refractivity contribution in [2.24, 2.45) is 0 Å². The van der Waals surface area contributed by atoms with Gasteiger partial charge in [0.05, 0.1) is 0 Å². The van der Waals surface area contributed by atoms with Gasteiger partial charge in [-0.1, -0.05) is 6.07 Å². The van der Waals surface area contributed by atoms with Gasteiger partial charge >= 0.3 is 0 Å². The van der Waals surface area contributed by atoms with Crippen LogP contribution in [0.4, 0.5) is 11.4 Å². The highest BCUT2D eigenvalue weighted by molar-refractivity contribution is 6.04. The minimum absolute atomic E-state index is 0.0906. The van der Waals surface area contributed by atoms with E-state index in [9.17, 15) is 4.79 Å². The van der Waals surface area contributed by atoms with Crippen LogP contribution in [0.15, 0.2) is 42.5 Å². The predicted octanol–water partition coefficient (Wildman–Crippen LogP) is 2.47. The highest BCUT2D eigenvalue weighted by Gasteiger charge is 2.17. The Hall–Kier alpha value is -2.33. The van der Waals surface area contributed by atoms with Crippen molar-refractivity contribution >= 4 is 17.3 Å². The molecule has 0 bridgehead atoms. The molecule has 1 heterocycles. The maximum absolute atomic E-state index is 12.2. The molecule has 1 amide bonds. The van der Waals surface area contributed by atoms with Crippen LogP contribution in [0.5, 0.6) is 0 Å². The summed E-state index contributed by atoms with van der Waals surface area (Å²) in [6.45, 7) is 1.85. The summed E-state index contributed by atoms with van der Waals surface area (Å²) in [6.07, 6.45) is 0. The smallest absolute Gasteiger partial charge is 0.255 e. The molecule has 0 saturated heterocycles. The molecular formula is C16H17N3O. The number of hydrogen-bond donors (Lipinski definition) is 2. The minimum Gasteiger partial charge on any atom is -0.399 e. The molecule has 0 unspecified atom stereocenters. The van der Waals surface area contributed by atoms with Gasteiger partial charge in [0.25, 0.3) is 5.91 Å². The first kappa shape index (κ1) is 12.7. The second kappa shape index (κ2) is 4.98. The van der Waals surface area contributed by atoms with Gasteiger partial charge in [0.15, 0.2) is 0 Å². The molecule has 2 aromatic carbocycles. The maximum Gasteiger partial charge on any atom is 0.255 e. The van der Waals surface area contributed by atoms with Gasteiger partial charge in [0.1, 0.15) is 0 Å². The van der Waals surface area contributed by atoms with Crippen LogP contribution in [-0.4, -0.2) is 17.9 Å². The molecule has 2 aromatic rings. The molecule has 0 radical (unpaired) electrons. The number of carbonyl (C=O) groups is 1. The largest absolute Gasteiger partial charge is 0.399 e. The van der Waals surface area contributed by atoms with E-state index in [1.165, 1.54) is 11.1 Å². The summed E-state index contributed by atoms with van der Waals surface area (Å²) in [5.74, 6) is -0.0906. The molecule has 4 nitrogen and oxygen atoms in total. The Morgan fingerprint density at radius 2 is 1.80 bits per heavy atom. The molecule has 0 saturated carbocycles. The van der Waals surface area contributed by atoms with Crippen LogP contribution in [0, 0.1) is 0 Å². The van der Waals surface area contributed by atoms with Gasteiger partial charge < -0.3 is 11.1 Å². The van der Waals surface area contributed by atoms with E-state index in [1.54, 1.807) is 24.3 Å². The van der Waals surface area contributed by atoms with Gasteiger partial charge in [-0.3, -0.25) is 9.69 Å². The van der Waals surface area contributed by atoms with E-state index in [0.717, 1.165) is 18.8 Å². The number of benzene rings is 2. The van der Waals surface area contributed by atoms with Crippen LogP contribution in [0.3, 0.4) is 0 Å². The SMILES string of the molecule is CN1Cc2ccc(C(=O)Nc3ccc(N)cc3)cc2C1. The molecule has 20 heavy (non-hydrogen) atoms. The number of hydrogen-bond acceptors (Lipinski definition) is 3. The molecule has 102 valence electrons. The minimum atomic E-state index is -0.0906. The topological polar surface area (TPSA) is 58.4 Å². The van der Waals surface area contributed by atoms with E-state index in [1.807, 2.05) is 18.2 Å². The molecule has 4 heteroatoms. The molecular weight excluding hydrogens is 250 g/mol. The lowest BCUT2D eigenvalue weighted by molar-refractivity contribution is 0.102. The van der Waals surface area contributed by atoms with Crippen molar-refractivity contribution in [1.82, 2.24) is 4.90 Å². The second-order valence-electron chi connectivity index (χ2n) is 5.23. The van der Waals surface area contributed by atoms with E-state index in [0.29, 0.717) is 11.3 Å². The van der Waals surface area contributed by atoms with E-state index < -0.39 is 0 Å². The zero-order valence-corrected chi connectivity index (χ0v) is 11.4. The lowest BCUT2D eigenvalue weighted by Crippen LogP contribution is -2.12. The zero-order valence-electron chi connectivity index (χ0n) is 11.4. The summed E-state index contributed by atoms with van der Waals surface area (Å²) in [7, 11) is 2.08. The monoisotopic (exact) mass is 267 g/mol. The summed E-state index contributed by atoms with van der Waals surface area (Å²) in [5.41, 5.74) is 10.3. The maximum atomic E-state index is 12.2. The van der Waals surface area contributed by atoms with Crippen LogP contribution < -0.4 is 11.1 Å². The quantitative estimate of drug-likeness (QED) is 0.822. The number of amides is 1. The fraction of sp³-hybridized carbons (Fsp3) is 0.188. The average molecular weight is 267 g/mol. The average Bonchev–Trinajstić information content (AvgIpc) is 2.80. The number of nitrogens with zero attached hydrogens (tertiary/aromatic N) is 1. The molecule has 0 aromatic heterocycles. The Morgan fingerprint density at radius 1 is 1.10 bits per heavy atom. The Balaban J connectivity index is 1.78. The molecule has 1 aliphatic heterocycles. The number of fused-ring (bicyclic) bond motifs is 1. The van der Waals surface area contributed by atoms with Crippen LogP contribution in [0.25, 0.3) is 0 Å². The van der Waals surface area contributed by atoms with Gasteiger partial charge in [0.2, 0.25) is 0 Å². The van der Waals surface area contributed by atoms with E-state index >= 15 is 0 Å². The fourth-order valence-electron chi connectivity index (χ4n) is 2.48. The lowest BCUT2D eigenvalue weighted by Gasteiger charge is -2.07. The Labute approximate surface area is 118 Å². The summed E-state index contributed by atoms with van der Waals surface area (Å²) < 4.78 is 0. The Morgan fingerprint density at radius 3 is 2.55 bits per heavy atom. The Bertz CT molecular complexity index is 649. The molecule has 1 aliphatic rings. The first-order valence-electron chi connectivity index (χ1n) is 6.59. The van der Waals surface area contributed by atoms with E-state index in [2.05, 4.69) is 17.3 Å². The van der Waals surface area contributed by atoms with Crippen molar-refractivity contribution in [1.29, 1.82) is 0 Å². The Kier molecular flexibility index (Phi) is 3.16. The van der Waals surface area contributed by atoms with Crippen LogP contribution >= 0.6 is 0 Å². The van der Waals surface area contributed by atoms with Gasteiger partial charge in [-0.15, -0.1) is 0 Å². The van der Waals surface area contributed by atoms with Crippen molar-refractivity contribution < 1.29 is 4.79 Å². The van der Waals surface area contributed by atoms with Crippen LogP contribution in [0.2, 0.25) is 0 Å². The predicted molar refractivity (Wildman–Crippen MR) is 80.4 cm³/mol. The third-order valence-electron chi connectivity index (χ3n) is 3.52. The highest BCUT2D eigenvalue weighted by atomic mass is 16.1.